The Morgan fingerprint density at radius 2 is 1.75 bits per heavy atom. The number of benzene rings is 3. The van der Waals surface area contributed by atoms with Gasteiger partial charge in [-0.15, -0.1) is 0 Å². The highest BCUT2D eigenvalue weighted by Crippen LogP contribution is 2.32. The minimum Gasteiger partial charge on any atom is -0.493 e. The highest BCUT2D eigenvalue weighted by Gasteiger charge is 2.16. The average molecular weight is 447 g/mol. The fraction of sp³-hybridized carbons (Fsp3) is 0.0833. The molecule has 8 heteroatoms. The summed E-state index contributed by atoms with van der Waals surface area (Å²) in [5.74, 6) is 0.204. The lowest BCUT2D eigenvalue weighted by molar-refractivity contribution is 0.344. The maximum Gasteiger partial charge on any atom is 0.261 e. The van der Waals surface area contributed by atoms with Gasteiger partial charge in [-0.2, -0.15) is 5.26 Å². The van der Waals surface area contributed by atoms with Crippen molar-refractivity contribution < 1.29 is 17.5 Å². The van der Waals surface area contributed by atoms with Crippen LogP contribution in [0.4, 0.5) is 10.1 Å². The fourth-order valence-electron chi connectivity index (χ4n) is 3.22. The summed E-state index contributed by atoms with van der Waals surface area (Å²) in [6.07, 6.45) is 0. The minimum atomic E-state index is -3.84. The fourth-order valence-corrected chi connectivity index (χ4v) is 4.27. The van der Waals surface area contributed by atoms with Crippen LogP contribution in [0.2, 0.25) is 0 Å². The molecule has 0 saturated heterocycles. The number of hydrogen-bond acceptors (Lipinski definition) is 5. The van der Waals surface area contributed by atoms with Crippen LogP contribution in [0.1, 0.15) is 12.5 Å². The minimum absolute atomic E-state index is 0.0476. The Bertz CT molecular complexity index is 1430. The smallest absolute Gasteiger partial charge is 0.261 e. The van der Waals surface area contributed by atoms with Gasteiger partial charge < -0.3 is 4.74 Å². The Hall–Kier alpha value is -3.96. The van der Waals surface area contributed by atoms with Gasteiger partial charge in [-0.1, -0.05) is 0 Å². The second-order valence-corrected chi connectivity index (χ2v) is 8.60. The first kappa shape index (κ1) is 21.3. The molecule has 0 radical (unpaired) electrons. The van der Waals surface area contributed by atoms with E-state index in [2.05, 4.69) is 9.71 Å². The number of halogens is 1. The molecule has 4 rings (SSSR count). The zero-order valence-corrected chi connectivity index (χ0v) is 17.9. The number of hydrogen-bond donors (Lipinski definition) is 1. The molecular weight excluding hydrogens is 429 g/mol. The van der Waals surface area contributed by atoms with Crippen molar-refractivity contribution in [3.63, 3.8) is 0 Å². The van der Waals surface area contributed by atoms with Crippen molar-refractivity contribution in [2.75, 3.05) is 11.3 Å². The van der Waals surface area contributed by atoms with Crippen LogP contribution in [-0.4, -0.2) is 20.0 Å². The summed E-state index contributed by atoms with van der Waals surface area (Å²) in [7, 11) is -3.84. The molecule has 1 aromatic heterocycles. The molecule has 0 bridgehead atoms. The molecule has 0 saturated carbocycles. The van der Waals surface area contributed by atoms with Crippen LogP contribution in [0.3, 0.4) is 0 Å². The summed E-state index contributed by atoms with van der Waals surface area (Å²) in [5.41, 5.74) is 2.68. The van der Waals surface area contributed by atoms with Crippen LogP contribution in [0.15, 0.2) is 77.7 Å². The summed E-state index contributed by atoms with van der Waals surface area (Å²) in [4.78, 5) is 4.67. The molecule has 0 fully saturated rings. The van der Waals surface area contributed by atoms with E-state index in [1.165, 1.54) is 36.4 Å². The summed E-state index contributed by atoms with van der Waals surface area (Å²) in [6.45, 7) is 2.25. The zero-order valence-electron chi connectivity index (χ0n) is 17.0. The first-order valence-corrected chi connectivity index (χ1v) is 11.2. The van der Waals surface area contributed by atoms with E-state index >= 15 is 0 Å². The molecule has 160 valence electrons. The normalized spacial score (nSPS) is 11.2. The van der Waals surface area contributed by atoms with Gasteiger partial charge in [-0.05, 0) is 73.7 Å². The number of rotatable bonds is 6. The van der Waals surface area contributed by atoms with Crippen LogP contribution in [-0.2, 0) is 10.0 Å². The lowest BCUT2D eigenvalue weighted by Gasteiger charge is -2.13. The first-order valence-electron chi connectivity index (χ1n) is 9.76. The molecule has 6 nitrogen and oxygen atoms in total. The molecular formula is C24H18FN3O3S. The predicted octanol–water partition coefficient (Wildman–Crippen LogP) is 5.11. The lowest BCUT2D eigenvalue weighted by Crippen LogP contribution is -2.13. The third-order valence-electron chi connectivity index (χ3n) is 4.76. The molecule has 0 atom stereocenters. The maximum atomic E-state index is 13.3. The standard InChI is InChI=1S/C24H18FN3O3S/c1-2-31-24-14-23(17-5-7-18(25)8-6-17)27-22-12-9-19(13-21(22)24)28-32(29,30)20-10-3-16(15-26)4-11-20/h3-14,28H,2H2,1H3. The quantitative estimate of drug-likeness (QED) is 0.443. The van der Waals surface area contributed by atoms with Crippen molar-refractivity contribution in [1.82, 2.24) is 4.98 Å². The Balaban J connectivity index is 1.72. The van der Waals surface area contributed by atoms with Crippen molar-refractivity contribution in [1.29, 1.82) is 5.26 Å². The van der Waals surface area contributed by atoms with Crippen LogP contribution in [0.5, 0.6) is 5.75 Å². The van der Waals surface area contributed by atoms with Gasteiger partial charge in [0, 0.05) is 22.7 Å². The molecule has 0 unspecified atom stereocenters. The largest absolute Gasteiger partial charge is 0.493 e. The van der Waals surface area contributed by atoms with Gasteiger partial charge in [0.1, 0.15) is 11.6 Å². The van der Waals surface area contributed by atoms with E-state index in [-0.39, 0.29) is 10.7 Å². The highest BCUT2D eigenvalue weighted by molar-refractivity contribution is 7.92. The molecule has 0 amide bonds. The lowest BCUT2D eigenvalue weighted by atomic mass is 10.1. The van der Waals surface area contributed by atoms with E-state index < -0.39 is 10.0 Å². The Morgan fingerprint density at radius 1 is 1.03 bits per heavy atom. The highest BCUT2D eigenvalue weighted by atomic mass is 32.2. The molecule has 0 aliphatic rings. The molecule has 3 aromatic carbocycles. The molecule has 4 aromatic rings. The third-order valence-corrected chi connectivity index (χ3v) is 6.15. The van der Waals surface area contributed by atoms with Crippen molar-refractivity contribution in [3.8, 4) is 23.1 Å². The summed E-state index contributed by atoms with van der Waals surface area (Å²) < 4.78 is 47.1. The van der Waals surface area contributed by atoms with E-state index in [0.717, 1.165) is 5.56 Å². The van der Waals surface area contributed by atoms with Gasteiger partial charge in [0.05, 0.1) is 34.3 Å². The zero-order chi connectivity index (χ0) is 22.7. The van der Waals surface area contributed by atoms with Gasteiger partial charge in [0.25, 0.3) is 10.0 Å². The Labute approximate surface area is 185 Å². The topological polar surface area (TPSA) is 92.1 Å². The van der Waals surface area contributed by atoms with E-state index in [1.807, 2.05) is 13.0 Å². The number of nitriles is 1. The summed E-state index contributed by atoms with van der Waals surface area (Å²) in [5, 5.41) is 9.53. The van der Waals surface area contributed by atoms with E-state index in [9.17, 15) is 12.8 Å². The number of aromatic nitrogens is 1. The second kappa shape index (κ2) is 8.65. The number of nitrogens with one attached hydrogen (secondary N) is 1. The number of ether oxygens (including phenoxy) is 1. The Kier molecular flexibility index (Phi) is 5.75. The molecule has 1 N–H and O–H groups in total. The predicted molar refractivity (Wildman–Crippen MR) is 120 cm³/mol. The van der Waals surface area contributed by atoms with Crippen LogP contribution in [0, 0.1) is 17.1 Å². The maximum absolute atomic E-state index is 13.3. The molecule has 0 spiro atoms. The van der Waals surface area contributed by atoms with Gasteiger partial charge in [0.15, 0.2) is 0 Å². The van der Waals surface area contributed by atoms with E-state index in [1.54, 1.807) is 36.4 Å². The SMILES string of the molecule is CCOc1cc(-c2ccc(F)cc2)nc2ccc(NS(=O)(=O)c3ccc(C#N)cc3)cc12. The van der Waals surface area contributed by atoms with Gasteiger partial charge in [-0.3, -0.25) is 4.72 Å². The van der Waals surface area contributed by atoms with Gasteiger partial charge >= 0.3 is 0 Å². The summed E-state index contributed by atoms with van der Waals surface area (Å²) in [6, 6.07) is 20.3. The molecule has 32 heavy (non-hydrogen) atoms. The molecule has 0 aliphatic carbocycles. The van der Waals surface area contributed by atoms with Crippen LogP contribution >= 0.6 is 0 Å². The average Bonchev–Trinajstić information content (AvgIpc) is 2.79. The van der Waals surface area contributed by atoms with Crippen LogP contribution in [0.25, 0.3) is 22.2 Å². The van der Waals surface area contributed by atoms with E-state index in [0.29, 0.717) is 40.2 Å². The van der Waals surface area contributed by atoms with Crippen molar-refractivity contribution in [3.05, 3.63) is 84.2 Å². The third kappa shape index (κ3) is 4.38. The summed E-state index contributed by atoms with van der Waals surface area (Å²) >= 11 is 0. The number of pyridine rings is 1. The van der Waals surface area contributed by atoms with E-state index in [4.69, 9.17) is 10.00 Å². The number of sulfonamides is 1. The molecule has 1 heterocycles. The van der Waals surface area contributed by atoms with Crippen molar-refractivity contribution in [2.45, 2.75) is 11.8 Å². The van der Waals surface area contributed by atoms with Gasteiger partial charge in [-0.25, -0.2) is 17.8 Å². The molecule has 0 aliphatic heterocycles. The number of nitrogens with zero attached hydrogens (tertiary/aromatic N) is 2. The van der Waals surface area contributed by atoms with Crippen LogP contribution < -0.4 is 9.46 Å². The first-order chi connectivity index (χ1) is 15.4. The van der Waals surface area contributed by atoms with Gasteiger partial charge in [0.2, 0.25) is 0 Å². The Morgan fingerprint density at radius 3 is 2.41 bits per heavy atom. The second-order valence-electron chi connectivity index (χ2n) is 6.92. The van der Waals surface area contributed by atoms with Crippen molar-refractivity contribution >= 4 is 26.6 Å². The number of anilines is 1. The monoisotopic (exact) mass is 447 g/mol. The van der Waals surface area contributed by atoms with Crippen molar-refractivity contribution in [2.24, 2.45) is 0 Å². The number of fused-ring (bicyclic) bond motifs is 1.